The van der Waals surface area contributed by atoms with Crippen LogP contribution in [0, 0.1) is 0 Å². The van der Waals surface area contributed by atoms with Gasteiger partial charge in [0.15, 0.2) is 0 Å². The Balaban J connectivity index is 1.59. The van der Waals surface area contributed by atoms with Crippen LogP contribution in [-0.4, -0.2) is 23.3 Å². The van der Waals surface area contributed by atoms with Gasteiger partial charge in [0.1, 0.15) is 0 Å². The third-order valence-electron chi connectivity index (χ3n) is 4.47. The van der Waals surface area contributed by atoms with Crippen LogP contribution < -0.4 is 5.32 Å². The van der Waals surface area contributed by atoms with Crippen molar-refractivity contribution in [3.63, 3.8) is 0 Å². The molecule has 142 valence electrons. The molecule has 27 heavy (non-hydrogen) atoms. The van der Waals surface area contributed by atoms with E-state index in [2.05, 4.69) is 5.32 Å². The number of hydrogen-bond acceptors (Lipinski definition) is 2. The summed E-state index contributed by atoms with van der Waals surface area (Å²) >= 11 is 0. The third-order valence-corrected chi connectivity index (χ3v) is 4.47. The molecular formula is C20H19F3N2O2. The summed E-state index contributed by atoms with van der Waals surface area (Å²) in [4.78, 5) is 25.8. The number of likely N-dealkylation sites (tertiary alicyclic amines) is 1. The lowest BCUT2D eigenvalue weighted by atomic mass is 10.1. The predicted octanol–water partition coefficient (Wildman–Crippen LogP) is 3.76. The Bertz CT molecular complexity index is 832. The smallest absolute Gasteiger partial charge is 0.348 e. The Labute approximate surface area is 155 Å². The molecule has 4 nitrogen and oxygen atoms in total. The molecule has 1 fully saturated rings. The second-order valence-corrected chi connectivity index (χ2v) is 6.50. The molecule has 1 aliphatic rings. The summed E-state index contributed by atoms with van der Waals surface area (Å²) in [5, 5.41) is 2.70. The first-order chi connectivity index (χ1) is 12.8. The Morgan fingerprint density at radius 1 is 1.07 bits per heavy atom. The highest BCUT2D eigenvalue weighted by molar-refractivity contribution is 5.94. The van der Waals surface area contributed by atoms with Gasteiger partial charge in [-0.05, 0) is 41.8 Å². The van der Waals surface area contributed by atoms with Crippen molar-refractivity contribution in [3.8, 4) is 0 Å². The average Bonchev–Trinajstić information content (AvgIpc) is 3.04. The highest BCUT2D eigenvalue weighted by atomic mass is 19.4. The zero-order valence-corrected chi connectivity index (χ0v) is 14.6. The third kappa shape index (κ3) is 4.87. The van der Waals surface area contributed by atoms with E-state index in [1.54, 1.807) is 23.1 Å². The van der Waals surface area contributed by atoms with Crippen LogP contribution >= 0.6 is 0 Å². The van der Waals surface area contributed by atoms with Crippen LogP contribution in [0.2, 0.25) is 0 Å². The van der Waals surface area contributed by atoms with Crippen molar-refractivity contribution in [2.45, 2.75) is 32.1 Å². The van der Waals surface area contributed by atoms with Crippen molar-refractivity contribution < 1.29 is 22.8 Å². The summed E-state index contributed by atoms with van der Waals surface area (Å²) in [5.41, 5.74) is 1.18. The fourth-order valence-corrected chi connectivity index (χ4v) is 3.00. The maximum absolute atomic E-state index is 12.6. The number of benzene rings is 2. The van der Waals surface area contributed by atoms with Crippen molar-refractivity contribution in [1.29, 1.82) is 0 Å². The summed E-state index contributed by atoms with van der Waals surface area (Å²) in [5.74, 6) is -0.198. The second-order valence-electron chi connectivity index (χ2n) is 6.50. The van der Waals surface area contributed by atoms with Gasteiger partial charge in [-0.15, -0.1) is 0 Å². The van der Waals surface area contributed by atoms with Crippen LogP contribution in [0.1, 0.15) is 39.9 Å². The van der Waals surface area contributed by atoms with Crippen molar-refractivity contribution in [1.82, 2.24) is 10.2 Å². The van der Waals surface area contributed by atoms with E-state index in [1.807, 2.05) is 6.07 Å². The summed E-state index contributed by atoms with van der Waals surface area (Å²) in [6.45, 7) is 1.33. The van der Waals surface area contributed by atoms with Crippen molar-refractivity contribution in [3.05, 3.63) is 70.8 Å². The molecule has 0 spiro atoms. The molecule has 2 aromatic rings. The molecule has 0 saturated carbocycles. The Kier molecular flexibility index (Phi) is 5.48. The molecule has 0 atom stereocenters. The van der Waals surface area contributed by atoms with Gasteiger partial charge in [0.25, 0.3) is 5.91 Å². The van der Waals surface area contributed by atoms with E-state index in [9.17, 15) is 22.8 Å². The minimum atomic E-state index is -4.38. The summed E-state index contributed by atoms with van der Waals surface area (Å²) < 4.78 is 37.7. The van der Waals surface area contributed by atoms with E-state index >= 15 is 0 Å². The van der Waals surface area contributed by atoms with Crippen molar-refractivity contribution >= 4 is 11.8 Å². The average molecular weight is 376 g/mol. The summed E-state index contributed by atoms with van der Waals surface area (Å²) in [6, 6.07) is 11.7. The lowest BCUT2D eigenvalue weighted by Gasteiger charge is -2.16. The van der Waals surface area contributed by atoms with Gasteiger partial charge in [0, 0.05) is 31.6 Å². The number of amides is 2. The number of nitrogens with zero attached hydrogens (tertiary/aromatic N) is 1. The van der Waals surface area contributed by atoms with E-state index in [1.165, 1.54) is 12.1 Å². The number of alkyl halides is 3. The van der Waals surface area contributed by atoms with Crippen molar-refractivity contribution in [2.75, 3.05) is 6.54 Å². The van der Waals surface area contributed by atoms with Crippen molar-refractivity contribution in [2.24, 2.45) is 0 Å². The quantitative estimate of drug-likeness (QED) is 0.864. The maximum Gasteiger partial charge on any atom is 0.416 e. The van der Waals surface area contributed by atoms with Crippen LogP contribution in [0.15, 0.2) is 48.5 Å². The number of halogens is 3. The maximum atomic E-state index is 12.6. The summed E-state index contributed by atoms with van der Waals surface area (Å²) in [6.07, 6.45) is -2.96. The number of carbonyl (C=O) groups is 2. The SMILES string of the molecule is O=C(NCc1ccc(C(F)(F)F)cc1)c1cccc(CN2CCCC2=O)c1. The van der Waals surface area contributed by atoms with Gasteiger partial charge in [-0.1, -0.05) is 24.3 Å². The van der Waals surface area contributed by atoms with Gasteiger partial charge >= 0.3 is 6.18 Å². The minimum absolute atomic E-state index is 0.118. The molecule has 1 N–H and O–H groups in total. The van der Waals surface area contributed by atoms with E-state index in [-0.39, 0.29) is 18.4 Å². The van der Waals surface area contributed by atoms with Gasteiger partial charge in [-0.2, -0.15) is 13.2 Å². The van der Waals surface area contributed by atoms with Crippen LogP contribution in [0.3, 0.4) is 0 Å². The van der Waals surface area contributed by atoms with Crippen LogP contribution in [0.4, 0.5) is 13.2 Å². The highest BCUT2D eigenvalue weighted by Gasteiger charge is 2.29. The number of rotatable bonds is 5. The lowest BCUT2D eigenvalue weighted by molar-refractivity contribution is -0.137. The standard InChI is InChI=1S/C20H19F3N2O2/c21-20(22,23)17-8-6-14(7-9-17)12-24-19(27)16-4-1-3-15(11-16)13-25-10-2-5-18(25)26/h1,3-4,6-9,11H,2,5,10,12-13H2,(H,24,27). The fourth-order valence-electron chi connectivity index (χ4n) is 3.00. The van der Waals surface area contributed by atoms with E-state index in [0.29, 0.717) is 24.1 Å². The van der Waals surface area contributed by atoms with E-state index < -0.39 is 11.7 Å². The number of hydrogen-bond donors (Lipinski definition) is 1. The fraction of sp³-hybridized carbons (Fsp3) is 0.300. The molecule has 1 saturated heterocycles. The first kappa shape index (κ1) is 18.9. The topological polar surface area (TPSA) is 49.4 Å². The molecule has 0 aliphatic carbocycles. The highest BCUT2D eigenvalue weighted by Crippen LogP contribution is 2.29. The zero-order chi connectivity index (χ0) is 19.4. The van der Waals surface area contributed by atoms with Gasteiger partial charge in [0.2, 0.25) is 5.91 Å². The van der Waals surface area contributed by atoms with Gasteiger partial charge < -0.3 is 10.2 Å². The van der Waals surface area contributed by atoms with Crippen LogP contribution in [0.5, 0.6) is 0 Å². The Hall–Kier alpha value is -2.83. The van der Waals surface area contributed by atoms with Crippen LogP contribution in [0.25, 0.3) is 0 Å². The molecule has 1 heterocycles. The Morgan fingerprint density at radius 3 is 2.44 bits per heavy atom. The first-order valence-corrected chi connectivity index (χ1v) is 8.64. The normalized spacial score (nSPS) is 14.5. The zero-order valence-electron chi connectivity index (χ0n) is 14.6. The second kappa shape index (κ2) is 7.82. The Morgan fingerprint density at radius 2 is 1.81 bits per heavy atom. The van der Waals surface area contributed by atoms with Gasteiger partial charge in [0.05, 0.1) is 5.56 Å². The van der Waals surface area contributed by atoms with Gasteiger partial charge in [-0.25, -0.2) is 0 Å². The van der Waals surface area contributed by atoms with E-state index in [4.69, 9.17) is 0 Å². The van der Waals surface area contributed by atoms with E-state index in [0.717, 1.165) is 30.7 Å². The molecular weight excluding hydrogens is 357 g/mol. The van der Waals surface area contributed by atoms with Crippen LogP contribution in [-0.2, 0) is 24.1 Å². The lowest BCUT2D eigenvalue weighted by Crippen LogP contribution is -2.25. The molecule has 0 bridgehead atoms. The van der Waals surface area contributed by atoms with Gasteiger partial charge in [-0.3, -0.25) is 9.59 Å². The molecule has 2 aromatic carbocycles. The number of nitrogens with one attached hydrogen (secondary N) is 1. The molecule has 0 aromatic heterocycles. The molecule has 3 rings (SSSR count). The molecule has 0 radical (unpaired) electrons. The minimum Gasteiger partial charge on any atom is -0.348 e. The monoisotopic (exact) mass is 376 g/mol. The molecule has 1 aliphatic heterocycles. The molecule has 2 amide bonds. The molecule has 7 heteroatoms. The number of carbonyl (C=O) groups excluding carboxylic acids is 2. The predicted molar refractivity (Wildman–Crippen MR) is 93.7 cm³/mol. The first-order valence-electron chi connectivity index (χ1n) is 8.64. The molecule has 0 unspecified atom stereocenters. The largest absolute Gasteiger partial charge is 0.416 e. The summed E-state index contributed by atoms with van der Waals surface area (Å²) in [7, 11) is 0.